The molecule has 1 unspecified atom stereocenters. The molecule has 1 nitrogen and oxygen atoms in total. The monoisotopic (exact) mass is 365 g/mol. The molecular weight excluding hydrogens is 357 g/mol. The van der Waals surface area contributed by atoms with Crippen LogP contribution in [0.1, 0.15) is 22.7 Å². The molecule has 0 radical (unpaired) electrons. The number of halogens is 6. The van der Waals surface area contributed by atoms with Crippen LogP contribution in [0.15, 0.2) is 40.9 Å². The summed E-state index contributed by atoms with van der Waals surface area (Å²) in [5.41, 5.74) is 4.09. The van der Waals surface area contributed by atoms with Gasteiger partial charge in [-0.05, 0) is 39.7 Å². The second-order valence-electron chi connectivity index (χ2n) is 4.35. The number of nitrogens with two attached hydrogens (primary N) is 1. The largest absolute Gasteiger partial charge is 0.416 e. The molecule has 0 fully saturated rings. The van der Waals surface area contributed by atoms with Gasteiger partial charge in [0.1, 0.15) is 11.6 Å². The summed E-state index contributed by atoms with van der Waals surface area (Å²) in [5, 5.41) is 0. The van der Waals surface area contributed by atoms with Gasteiger partial charge in [-0.25, -0.2) is 8.78 Å². The molecule has 0 aromatic heterocycles. The first-order valence-corrected chi connectivity index (χ1v) is 6.57. The number of rotatable bonds is 2. The Morgan fingerprint density at radius 1 is 0.952 bits per heavy atom. The molecule has 2 N–H and O–H groups in total. The summed E-state index contributed by atoms with van der Waals surface area (Å²) >= 11 is 2.80. The number of hydrogen-bond acceptors (Lipinski definition) is 1. The van der Waals surface area contributed by atoms with Gasteiger partial charge in [0.2, 0.25) is 0 Å². The minimum absolute atomic E-state index is 0.125. The fraction of sp³-hybridized carbons (Fsp3) is 0.143. The minimum Gasteiger partial charge on any atom is -0.320 e. The zero-order valence-electron chi connectivity index (χ0n) is 10.4. The van der Waals surface area contributed by atoms with Gasteiger partial charge in [-0.1, -0.05) is 18.2 Å². The highest BCUT2D eigenvalue weighted by molar-refractivity contribution is 9.10. The first-order chi connectivity index (χ1) is 9.71. The molecule has 0 heterocycles. The van der Waals surface area contributed by atoms with Crippen molar-refractivity contribution in [2.24, 2.45) is 5.73 Å². The molecule has 0 aliphatic rings. The third kappa shape index (κ3) is 3.24. The van der Waals surface area contributed by atoms with Crippen LogP contribution in [0.4, 0.5) is 22.0 Å². The Labute approximate surface area is 125 Å². The summed E-state index contributed by atoms with van der Waals surface area (Å²) in [5.74, 6) is -1.68. The van der Waals surface area contributed by atoms with Gasteiger partial charge in [0.15, 0.2) is 0 Å². The van der Waals surface area contributed by atoms with Crippen LogP contribution < -0.4 is 5.73 Å². The molecule has 21 heavy (non-hydrogen) atoms. The van der Waals surface area contributed by atoms with Crippen LogP contribution in [0.5, 0.6) is 0 Å². The summed E-state index contributed by atoms with van der Waals surface area (Å²) in [6.07, 6.45) is -4.63. The molecule has 112 valence electrons. The normalized spacial score (nSPS) is 13.3. The van der Waals surface area contributed by atoms with Crippen LogP contribution in [0.2, 0.25) is 0 Å². The summed E-state index contributed by atoms with van der Waals surface area (Å²) in [6, 6.07) is 4.76. The van der Waals surface area contributed by atoms with Crippen molar-refractivity contribution >= 4 is 15.9 Å². The maximum absolute atomic E-state index is 13.8. The molecule has 1 atom stereocenters. The maximum Gasteiger partial charge on any atom is 0.416 e. The topological polar surface area (TPSA) is 26.0 Å². The number of hydrogen-bond donors (Lipinski definition) is 1. The fourth-order valence-electron chi connectivity index (χ4n) is 1.97. The van der Waals surface area contributed by atoms with Crippen molar-refractivity contribution < 1.29 is 22.0 Å². The van der Waals surface area contributed by atoms with Gasteiger partial charge in [-0.2, -0.15) is 13.2 Å². The molecule has 0 saturated carbocycles. The average Bonchev–Trinajstić information content (AvgIpc) is 2.41. The summed E-state index contributed by atoms with van der Waals surface area (Å²) in [4.78, 5) is 0. The smallest absolute Gasteiger partial charge is 0.320 e. The van der Waals surface area contributed by atoms with E-state index < -0.39 is 29.4 Å². The van der Waals surface area contributed by atoms with E-state index in [4.69, 9.17) is 5.73 Å². The third-order valence-electron chi connectivity index (χ3n) is 2.98. The standard InChI is InChI=1S/C14H9BrF5N/c15-10-6-11(16)8(5-12(10)17)13(21)7-3-1-2-4-9(7)14(18,19)20/h1-6,13H,21H2. The molecule has 0 spiro atoms. The molecule has 2 aromatic carbocycles. The van der Waals surface area contributed by atoms with Crippen LogP contribution in [-0.4, -0.2) is 0 Å². The lowest BCUT2D eigenvalue weighted by molar-refractivity contribution is -0.138. The summed E-state index contributed by atoms with van der Waals surface area (Å²) in [7, 11) is 0. The predicted molar refractivity (Wildman–Crippen MR) is 71.5 cm³/mol. The van der Waals surface area contributed by atoms with Crippen LogP contribution in [-0.2, 0) is 6.18 Å². The molecule has 2 rings (SSSR count). The van der Waals surface area contributed by atoms with Crippen LogP contribution >= 0.6 is 15.9 Å². The predicted octanol–water partition coefficient (Wildman–Crippen LogP) is 4.79. The zero-order valence-corrected chi connectivity index (χ0v) is 12.0. The summed E-state index contributed by atoms with van der Waals surface area (Å²) < 4.78 is 66.0. The van der Waals surface area contributed by atoms with E-state index in [-0.39, 0.29) is 15.6 Å². The lowest BCUT2D eigenvalue weighted by Crippen LogP contribution is -2.19. The minimum atomic E-state index is -4.63. The number of benzene rings is 2. The van der Waals surface area contributed by atoms with E-state index in [9.17, 15) is 22.0 Å². The number of alkyl halides is 3. The van der Waals surface area contributed by atoms with Gasteiger partial charge in [-0.3, -0.25) is 0 Å². The first kappa shape index (κ1) is 15.9. The Morgan fingerprint density at radius 2 is 1.57 bits per heavy atom. The van der Waals surface area contributed by atoms with Gasteiger partial charge in [0, 0.05) is 5.56 Å². The highest BCUT2D eigenvalue weighted by Crippen LogP contribution is 2.36. The molecule has 0 bridgehead atoms. The van der Waals surface area contributed by atoms with Crippen molar-refractivity contribution in [3.63, 3.8) is 0 Å². The van der Waals surface area contributed by atoms with E-state index in [1.54, 1.807) is 0 Å². The SMILES string of the molecule is NC(c1cc(F)c(Br)cc1F)c1ccccc1C(F)(F)F. The molecule has 0 aliphatic carbocycles. The maximum atomic E-state index is 13.8. The Bertz CT molecular complexity index is 669. The Balaban J connectivity index is 2.56. The molecule has 7 heteroatoms. The van der Waals surface area contributed by atoms with Crippen molar-refractivity contribution in [1.29, 1.82) is 0 Å². The lowest BCUT2D eigenvalue weighted by Gasteiger charge is -2.19. The van der Waals surface area contributed by atoms with E-state index in [1.165, 1.54) is 12.1 Å². The Morgan fingerprint density at radius 3 is 2.19 bits per heavy atom. The quantitative estimate of drug-likeness (QED) is 0.600. The molecule has 0 aliphatic heterocycles. The van der Waals surface area contributed by atoms with Crippen LogP contribution in [0, 0.1) is 11.6 Å². The fourth-order valence-corrected chi connectivity index (χ4v) is 2.29. The Hall–Kier alpha value is -1.47. The van der Waals surface area contributed by atoms with Gasteiger partial charge >= 0.3 is 6.18 Å². The zero-order chi connectivity index (χ0) is 15.8. The second-order valence-corrected chi connectivity index (χ2v) is 5.20. The molecule has 0 amide bonds. The molecule has 2 aromatic rings. The van der Waals surface area contributed by atoms with Crippen molar-refractivity contribution in [3.05, 3.63) is 69.2 Å². The van der Waals surface area contributed by atoms with Crippen molar-refractivity contribution in [1.82, 2.24) is 0 Å². The molecule has 0 saturated heterocycles. The highest BCUT2D eigenvalue weighted by atomic mass is 79.9. The van der Waals surface area contributed by atoms with Crippen molar-refractivity contribution in [2.45, 2.75) is 12.2 Å². The van der Waals surface area contributed by atoms with Crippen LogP contribution in [0.3, 0.4) is 0 Å². The summed E-state index contributed by atoms with van der Waals surface area (Å²) in [6.45, 7) is 0. The highest BCUT2D eigenvalue weighted by Gasteiger charge is 2.35. The van der Waals surface area contributed by atoms with Crippen molar-refractivity contribution in [2.75, 3.05) is 0 Å². The van der Waals surface area contributed by atoms with Gasteiger partial charge in [0.05, 0.1) is 16.1 Å². The van der Waals surface area contributed by atoms with E-state index in [0.29, 0.717) is 0 Å². The van der Waals surface area contributed by atoms with E-state index in [0.717, 1.165) is 24.3 Å². The second kappa shape index (κ2) is 5.73. The van der Waals surface area contributed by atoms with Gasteiger partial charge in [-0.15, -0.1) is 0 Å². The van der Waals surface area contributed by atoms with Crippen LogP contribution in [0.25, 0.3) is 0 Å². The average molecular weight is 366 g/mol. The van der Waals surface area contributed by atoms with Crippen molar-refractivity contribution in [3.8, 4) is 0 Å². The third-order valence-corrected chi connectivity index (χ3v) is 3.58. The Kier molecular flexibility index (Phi) is 4.34. The van der Waals surface area contributed by atoms with E-state index >= 15 is 0 Å². The van der Waals surface area contributed by atoms with E-state index in [2.05, 4.69) is 15.9 Å². The van der Waals surface area contributed by atoms with Gasteiger partial charge < -0.3 is 5.73 Å². The van der Waals surface area contributed by atoms with Gasteiger partial charge in [0.25, 0.3) is 0 Å². The lowest BCUT2D eigenvalue weighted by atomic mass is 9.94. The van der Waals surface area contributed by atoms with E-state index in [1.807, 2.05) is 0 Å². The first-order valence-electron chi connectivity index (χ1n) is 5.78. The molecular formula is C14H9BrF5N.